The minimum absolute atomic E-state index is 0.732. The first-order valence-corrected chi connectivity index (χ1v) is 7.41. The van der Waals surface area contributed by atoms with Crippen LogP contribution in [0.5, 0.6) is 0 Å². The second-order valence-electron chi connectivity index (χ2n) is 5.45. The molecule has 3 rings (SSSR count). The quantitative estimate of drug-likeness (QED) is 0.724. The van der Waals surface area contributed by atoms with Crippen LogP contribution in [0.3, 0.4) is 0 Å². The Morgan fingerprint density at radius 3 is 2.64 bits per heavy atom. The molecule has 1 aromatic carbocycles. The second-order valence-corrected chi connectivity index (χ2v) is 5.45. The first-order chi connectivity index (χ1) is 10.7. The summed E-state index contributed by atoms with van der Waals surface area (Å²) in [6.07, 6.45) is 3.88. The summed E-state index contributed by atoms with van der Waals surface area (Å²) in [5.74, 6) is 2.00. The van der Waals surface area contributed by atoms with Crippen LogP contribution in [0.1, 0.15) is 17.1 Å². The number of aromatic nitrogens is 3. The topological polar surface area (TPSA) is 34.0 Å². The van der Waals surface area contributed by atoms with Crippen molar-refractivity contribution in [2.24, 2.45) is 0 Å². The first-order valence-electron chi connectivity index (χ1n) is 7.41. The van der Waals surface area contributed by atoms with E-state index in [9.17, 15) is 0 Å². The minimum Gasteiger partial charge on any atom is -0.352 e. The maximum atomic E-state index is 4.56. The van der Waals surface area contributed by atoms with Crippen LogP contribution in [-0.2, 0) is 13.1 Å². The van der Waals surface area contributed by atoms with Crippen LogP contribution in [0.4, 0.5) is 5.82 Å². The van der Waals surface area contributed by atoms with Gasteiger partial charge in [0.25, 0.3) is 0 Å². The van der Waals surface area contributed by atoms with Gasteiger partial charge in [-0.15, -0.1) is 0 Å². The zero-order chi connectivity index (χ0) is 15.4. The van der Waals surface area contributed by atoms with Gasteiger partial charge < -0.3 is 9.47 Å². The zero-order valence-electron chi connectivity index (χ0n) is 13.0. The Morgan fingerprint density at radius 1 is 1.05 bits per heavy atom. The number of benzene rings is 1. The third-order valence-corrected chi connectivity index (χ3v) is 3.64. The van der Waals surface area contributed by atoms with Crippen molar-refractivity contribution < 1.29 is 0 Å². The number of hydrogen-bond donors (Lipinski definition) is 0. The van der Waals surface area contributed by atoms with Crippen LogP contribution < -0.4 is 4.90 Å². The Balaban J connectivity index is 1.75. The maximum Gasteiger partial charge on any atom is 0.128 e. The highest BCUT2D eigenvalue weighted by Crippen LogP contribution is 2.13. The lowest BCUT2D eigenvalue weighted by molar-refractivity contribution is 0.703. The molecule has 0 saturated heterocycles. The molecule has 22 heavy (non-hydrogen) atoms. The normalized spacial score (nSPS) is 10.6. The molecule has 0 saturated carbocycles. The molecule has 2 aromatic heterocycles. The van der Waals surface area contributed by atoms with Crippen molar-refractivity contribution in [1.82, 2.24) is 14.5 Å². The van der Waals surface area contributed by atoms with E-state index in [1.54, 1.807) is 0 Å². The highest BCUT2D eigenvalue weighted by Gasteiger charge is 2.09. The monoisotopic (exact) mass is 292 g/mol. The number of pyridine rings is 1. The Kier molecular flexibility index (Phi) is 4.19. The summed E-state index contributed by atoms with van der Waals surface area (Å²) < 4.78 is 2.18. The lowest BCUT2D eigenvalue weighted by atomic mass is 10.2. The van der Waals surface area contributed by atoms with Crippen molar-refractivity contribution in [2.75, 3.05) is 11.9 Å². The largest absolute Gasteiger partial charge is 0.352 e. The predicted octanol–water partition coefficient (Wildman–Crippen LogP) is 3.27. The fourth-order valence-corrected chi connectivity index (χ4v) is 2.45. The van der Waals surface area contributed by atoms with Gasteiger partial charge in [0.15, 0.2) is 0 Å². The summed E-state index contributed by atoms with van der Waals surface area (Å²) in [6, 6.07) is 16.5. The average Bonchev–Trinajstić information content (AvgIpc) is 2.95. The van der Waals surface area contributed by atoms with Crippen LogP contribution in [0, 0.1) is 6.92 Å². The lowest BCUT2D eigenvalue weighted by Gasteiger charge is -2.19. The molecule has 0 spiro atoms. The summed E-state index contributed by atoms with van der Waals surface area (Å²) in [6.45, 7) is 3.58. The fourth-order valence-electron chi connectivity index (χ4n) is 2.45. The SMILES string of the molecule is Cc1cccc(N(C)Cc2nccn2Cc2ccccc2)n1. The van der Waals surface area contributed by atoms with E-state index in [0.29, 0.717) is 0 Å². The Labute approximate surface area is 131 Å². The summed E-state index contributed by atoms with van der Waals surface area (Å²) in [5, 5.41) is 0. The van der Waals surface area contributed by atoms with Gasteiger partial charge in [0.05, 0.1) is 6.54 Å². The van der Waals surface area contributed by atoms with E-state index in [0.717, 1.165) is 30.4 Å². The van der Waals surface area contributed by atoms with E-state index in [4.69, 9.17) is 0 Å². The Hall–Kier alpha value is -2.62. The zero-order valence-corrected chi connectivity index (χ0v) is 13.0. The van der Waals surface area contributed by atoms with Crippen LogP contribution >= 0.6 is 0 Å². The van der Waals surface area contributed by atoms with Gasteiger partial charge in [-0.3, -0.25) is 0 Å². The van der Waals surface area contributed by atoms with Gasteiger partial charge in [-0.1, -0.05) is 36.4 Å². The molecule has 4 heteroatoms. The Morgan fingerprint density at radius 2 is 1.86 bits per heavy atom. The fraction of sp³-hybridized carbons (Fsp3) is 0.222. The molecule has 0 aliphatic heterocycles. The van der Waals surface area contributed by atoms with E-state index >= 15 is 0 Å². The minimum atomic E-state index is 0.732. The van der Waals surface area contributed by atoms with E-state index in [2.05, 4.69) is 43.7 Å². The number of nitrogens with zero attached hydrogens (tertiary/aromatic N) is 4. The maximum absolute atomic E-state index is 4.56. The summed E-state index contributed by atoms with van der Waals surface area (Å²) in [5.41, 5.74) is 2.30. The highest BCUT2D eigenvalue weighted by molar-refractivity contribution is 5.38. The van der Waals surface area contributed by atoms with E-state index in [1.165, 1.54) is 5.56 Å². The molecule has 0 bridgehead atoms. The summed E-state index contributed by atoms with van der Waals surface area (Å²) in [7, 11) is 2.04. The van der Waals surface area contributed by atoms with Crippen molar-refractivity contribution in [3.05, 3.63) is 78.0 Å². The molecule has 3 aromatic rings. The van der Waals surface area contributed by atoms with Crippen molar-refractivity contribution >= 4 is 5.82 Å². The molecular formula is C18H20N4. The first kappa shape index (κ1) is 14.3. The van der Waals surface area contributed by atoms with E-state index < -0.39 is 0 Å². The third-order valence-electron chi connectivity index (χ3n) is 3.64. The van der Waals surface area contributed by atoms with Crippen LogP contribution in [0.15, 0.2) is 60.9 Å². The van der Waals surface area contributed by atoms with Gasteiger partial charge in [-0.25, -0.2) is 9.97 Å². The van der Waals surface area contributed by atoms with Gasteiger partial charge in [-0.05, 0) is 24.6 Å². The summed E-state index contributed by atoms with van der Waals surface area (Å²) >= 11 is 0. The summed E-state index contributed by atoms with van der Waals surface area (Å²) in [4.78, 5) is 11.2. The molecule has 0 aliphatic carbocycles. The molecular weight excluding hydrogens is 272 g/mol. The van der Waals surface area contributed by atoms with Crippen LogP contribution in [-0.4, -0.2) is 21.6 Å². The van der Waals surface area contributed by atoms with E-state index in [-0.39, 0.29) is 0 Å². The van der Waals surface area contributed by atoms with Crippen LogP contribution in [0.2, 0.25) is 0 Å². The number of imidazole rings is 1. The Bertz CT molecular complexity index is 734. The molecule has 2 heterocycles. The van der Waals surface area contributed by atoms with E-state index in [1.807, 2.05) is 50.6 Å². The predicted molar refractivity (Wildman–Crippen MR) is 88.9 cm³/mol. The number of aryl methyl sites for hydroxylation is 1. The average molecular weight is 292 g/mol. The van der Waals surface area contributed by atoms with Crippen molar-refractivity contribution in [3.8, 4) is 0 Å². The molecule has 0 unspecified atom stereocenters. The van der Waals surface area contributed by atoms with Crippen molar-refractivity contribution in [2.45, 2.75) is 20.0 Å². The molecule has 4 nitrogen and oxygen atoms in total. The van der Waals surface area contributed by atoms with Gasteiger partial charge >= 0.3 is 0 Å². The highest BCUT2D eigenvalue weighted by atomic mass is 15.2. The molecule has 0 radical (unpaired) electrons. The standard InChI is InChI=1S/C18H20N4/c1-15-7-6-10-17(20-15)21(2)14-18-19-11-12-22(18)13-16-8-4-3-5-9-16/h3-12H,13-14H2,1-2H3. The third kappa shape index (κ3) is 3.34. The lowest BCUT2D eigenvalue weighted by Crippen LogP contribution is -2.21. The molecule has 112 valence electrons. The van der Waals surface area contributed by atoms with Gasteiger partial charge in [0.1, 0.15) is 11.6 Å². The number of anilines is 1. The molecule has 0 fully saturated rings. The molecule has 0 atom stereocenters. The number of hydrogen-bond acceptors (Lipinski definition) is 3. The van der Waals surface area contributed by atoms with Crippen molar-refractivity contribution in [1.29, 1.82) is 0 Å². The van der Waals surface area contributed by atoms with Crippen molar-refractivity contribution in [3.63, 3.8) is 0 Å². The smallest absolute Gasteiger partial charge is 0.128 e. The van der Waals surface area contributed by atoms with Gasteiger partial charge in [-0.2, -0.15) is 0 Å². The van der Waals surface area contributed by atoms with Crippen LogP contribution in [0.25, 0.3) is 0 Å². The second kappa shape index (κ2) is 6.43. The number of rotatable bonds is 5. The molecule has 0 amide bonds. The van der Waals surface area contributed by atoms with Gasteiger partial charge in [0, 0.05) is 31.7 Å². The van der Waals surface area contributed by atoms with Gasteiger partial charge in [0.2, 0.25) is 0 Å². The molecule has 0 N–H and O–H groups in total. The molecule has 0 aliphatic rings.